The number of nitrogens with zero attached hydrogens (tertiary/aromatic N) is 3. The fraction of sp³-hybridized carbons (Fsp3) is 0.0435. The number of rotatable bonds is 8. The van der Waals surface area contributed by atoms with Gasteiger partial charge in [-0.1, -0.05) is 128 Å². The van der Waals surface area contributed by atoms with Gasteiger partial charge in [0.25, 0.3) is 0 Å². The van der Waals surface area contributed by atoms with Gasteiger partial charge in [-0.25, -0.2) is 0 Å². The summed E-state index contributed by atoms with van der Waals surface area (Å²) in [5.41, 5.74) is 5.65. The molecule has 0 aliphatic rings. The van der Waals surface area contributed by atoms with Crippen LogP contribution in [0.2, 0.25) is 0 Å². The molecule has 0 atom stereocenters. The van der Waals surface area contributed by atoms with E-state index >= 15 is 0 Å². The molecule has 0 aliphatic heterocycles. The van der Waals surface area contributed by atoms with Crippen molar-refractivity contribution >= 4 is 69.8 Å². The van der Waals surface area contributed by atoms with E-state index in [0.717, 1.165) is 39.6 Å². The molecule has 9 rings (SSSR count). The second kappa shape index (κ2) is 17.1. The van der Waals surface area contributed by atoms with Gasteiger partial charge in [-0.2, -0.15) is 0 Å². The first-order valence-corrected chi connectivity index (χ1v) is 20.8. The van der Waals surface area contributed by atoms with Crippen LogP contribution in [0, 0.1) is 0 Å². The molecule has 0 aliphatic carbocycles. The predicted molar refractivity (Wildman–Crippen MR) is 223 cm³/mol. The molecule has 253 valence electrons. The summed E-state index contributed by atoms with van der Waals surface area (Å²) in [6.07, 6.45) is 5.60. The molecule has 0 N–H and O–H groups in total. The van der Waals surface area contributed by atoms with Gasteiger partial charge >= 0.3 is 19.8 Å². The Bertz CT molecular complexity index is 2240. The van der Waals surface area contributed by atoms with Crippen molar-refractivity contribution < 1.29 is 19.8 Å². The second-order valence-electron chi connectivity index (χ2n) is 12.6. The summed E-state index contributed by atoms with van der Waals surface area (Å²) in [7, 11) is -1.78. The third-order valence-electron chi connectivity index (χ3n) is 9.34. The van der Waals surface area contributed by atoms with E-state index in [4.69, 9.17) is 0 Å². The fourth-order valence-electron chi connectivity index (χ4n) is 6.93. The zero-order chi connectivity index (χ0) is 34.2. The van der Waals surface area contributed by atoms with Crippen LogP contribution >= 0.6 is 15.8 Å². The van der Waals surface area contributed by atoms with E-state index < -0.39 is 15.8 Å². The molecule has 0 fully saturated rings. The van der Waals surface area contributed by atoms with Gasteiger partial charge in [0.15, 0.2) is 0 Å². The average molecular weight is 885 g/mol. The van der Waals surface area contributed by atoms with Gasteiger partial charge in [0.05, 0.1) is 54.9 Å². The molecule has 52 heavy (non-hydrogen) atoms. The Labute approximate surface area is 320 Å². The monoisotopic (exact) mass is 886 g/mol. The molecule has 0 amide bonds. The first kappa shape index (κ1) is 35.6. The third-order valence-corrected chi connectivity index (χ3v) is 15.0. The average Bonchev–Trinajstić information content (AvgIpc) is 3.72. The standard InChI is InChI=1S/C32H28P2.C14H8N3.Os/c1-5-16-29(17-6-1)33(30-18-7-2-8-19-30)25-27-14-13-15-28(24-27)26-34(31-20-9-3-10-21-31)32-22-11-4-12-23-32;1-2-5-10-9(4-1)11-6-3-7-15-12(11)14-13(10)16-8-17-14;/h1-24H,25-26H2;1-8H;/q;-1;+1/p+2. The third kappa shape index (κ3) is 7.97. The Kier molecular flexibility index (Phi) is 11.7. The summed E-state index contributed by atoms with van der Waals surface area (Å²) < 4.78 is 0. The number of hydrogen-bond acceptors (Lipinski definition) is 2. The largest absolute Gasteiger partial charge is 1.00 e. The van der Waals surface area contributed by atoms with Gasteiger partial charge in [0, 0.05) is 11.6 Å². The minimum absolute atomic E-state index is 0. The van der Waals surface area contributed by atoms with Crippen molar-refractivity contribution in [1.29, 1.82) is 0 Å². The smallest absolute Gasteiger partial charge is 0.442 e. The molecule has 7 aromatic carbocycles. The molecule has 2 heterocycles. The van der Waals surface area contributed by atoms with Crippen LogP contribution in [0.3, 0.4) is 0 Å². The summed E-state index contributed by atoms with van der Waals surface area (Å²) in [6.45, 7) is 0. The maximum absolute atomic E-state index is 4.43. The maximum atomic E-state index is 4.43. The van der Waals surface area contributed by atoms with Crippen LogP contribution in [0.4, 0.5) is 0 Å². The number of benzene rings is 7. The molecule has 0 bridgehead atoms. The van der Waals surface area contributed by atoms with Crippen molar-refractivity contribution in [3.05, 3.63) is 206 Å². The Balaban J connectivity index is 0.000000194. The van der Waals surface area contributed by atoms with Crippen LogP contribution < -0.4 is 26.2 Å². The van der Waals surface area contributed by atoms with Gasteiger partial charge in [0.1, 0.15) is 0 Å². The van der Waals surface area contributed by atoms with E-state index in [1.807, 2.05) is 18.2 Å². The van der Waals surface area contributed by atoms with Crippen molar-refractivity contribution in [1.82, 2.24) is 15.0 Å². The van der Waals surface area contributed by atoms with Crippen LogP contribution in [0.1, 0.15) is 11.1 Å². The van der Waals surface area contributed by atoms with Crippen molar-refractivity contribution in [2.75, 3.05) is 0 Å². The molecule has 2 aromatic heterocycles. The Hall–Kier alpha value is -4.82. The van der Waals surface area contributed by atoms with Gasteiger partial charge in [-0.3, -0.25) is 4.98 Å². The van der Waals surface area contributed by atoms with Crippen molar-refractivity contribution in [2.24, 2.45) is 0 Å². The summed E-state index contributed by atoms with van der Waals surface area (Å²) in [5.74, 6) is 0. The molecule has 1 radical (unpaired) electrons. The van der Waals surface area contributed by atoms with Crippen molar-refractivity contribution in [3.63, 3.8) is 0 Å². The van der Waals surface area contributed by atoms with E-state index in [0.29, 0.717) is 0 Å². The van der Waals surface area contributed by atoms with Crippen LogP contribution in [0.15, 0.2) is 195 Å². The van der Waals surface area contributed by atoms with Gasteiger partial charge in [-0.05, 0) is 93.6 Å². The van der Waals surface area contributed by atoms with E-state index in [2.05, 4.69) is 179 Å². The second-order valence-corrected chi connectivity index (χ2v) is 17.5. The number of pyridine rings is 1. The molecule has 9 aromatic rings. The minimum Gasteiger partial charge on any atom is -0.442 e. The Morgan fingerprint density at radius 1 is 0.404 bits per heavy atom. The van der Waals surface area contributed by atoms with Crippen LogP contribution in [-0.4, -0.2) is 9.97 Å². The fourth-order valence-corrected chi connectivity index (χ4v) is 12.0. The minimum atomic E-state index is -0.892. The number of fused-ring (bicyclic) bond motifs is 6. The van der Waals surface area contributed by atoms with E-state index in [1.54, 1.807) is 12.5 Å². The van der Waals surface area contributed by atoms with Crippen LogP contribution in [0.25, 0.3) is 32.7 Å². The molecule has 0 unspecified atom stereocenters. The molecule has 6 heteroatoms. The summed E-state index contributed by atoms with van der Waals surface area (Å²) in [4.78, 5) is 13.1. The first-order valence-electron chi connectivity index (χ1n) is 17.4. The first-order chi connectivity index (χ1) is 25.3. The van der Waals surface area contributed by atoms with Crippen LogP contribution in [-0.2, 0) is 32.1 Å². The summed E-state index contributed by atoms with van der Waals surface area (Å²) in [6, 6.07) is 65.9. The number of aromatic nitrogens is 3. The van der Waals surface area contributed by atoms with E-state index in [1.165, 1.54) is 37.7 Å². The van der Waals surface area contributed by atoms with E-state index in [-0.39, 0.29) is 19.8 Å². The topological polar surface area (TPSA) is 39.9 Å². The molecule has 0 spiro atoms. The van der Waals surface area contributed by atoms with Crippen LogP contribution in [0.5, 0.6) is 0 Å². The summed E-state index contributed by atoms with van der Waals surface area (Å²) in [5, 5.41) is 9.36. The maximum Gasteiger partial charge on any atom is 1.00 e. The van der Waals surface area contributed by atoms with Gasteiger partial charge in [0.2, 0.25) is 0 Å². The van der Waals surface area contributed by atoms with Gasteiger partial charge < -0.3 is 9.97 Å². The molecule has 0 saturated carbocycles. The molecular weight excluding hydrogens is 847 g/mol. The Morgan fingerprint density at radius 3 is 1.29 bits per heavy atom. The van der Waals surface area contributed by atoms with Gasteiger partial charge in [-0.15, -0.1) is 0 Å². The van der Waals surface area contributed by atoms with Crippen molar-refractivity contribution in [3.8, 4) is 0 Å². The summed E-state index contributed by atoms with van der Waals surface area (Å²) >= 11 is 0. The number of imidazole rings is 1. The SMILES string of the molecule is [Os+].c1ccc([PH+](Cc2cccc(C[PH+](c3ccccc3)c3ccccc3)c2)c2ccccc2)cc1.c1ccc2c(c1)c1cccnc1c1[n-]cnc21. The molecule has 3 nitrogen and oxygen atoms in total. The number of hydrogen-bond donors (Lipinski definition) is 0. The zero-order valence-corrected chi connectivity index (χ0v) is 33.1. The van der Waals surface area contributed by atoms with Crippen molar-refractivity contribution in [2.45, 2.75) is 12.3 Å². The zero-order valence-electron chi connectivity index (χ0n) is 28.6. The van der Waals surface area contributed by atoms with E-state index in [9.17, 15) is 0 Å². The molecule has 0 saturated heterocycles. The normalized spacial score (nSPS) is 11.0. The quantitative estimate of drug-likeness (QED) is 0.113. The molecular formula is C46H38N3OsP2+2. The predicted octanol–water partition coefficient (Wildman–Crippen LogP) is 9.31. The Morgan fingerprint density at radius 2 is 0.808 bits per heavy atom.